The molecule has 3 rings (SSSR count). The van der Waals surface area contributed by atoms with Crippen molar-refractivity contribution in [2.75, 3.05) is 36.8 Å². The molecule has 3 N–H and O–H groups in total. The molecule has 2 aromatic carbocycles. The molecule has 1 aliphatic heterocycles. The summed E-state index contributed by atoms with van der Waals surface area (Å²) in [6.45, 7) is 6.53. The lowest BCUT2D eigenvalue weighted by atomic mass is 10.0. The van der Waals surface area contributed by atoms with Crippen LogP contribution in [-0.2, 0) is 0 Å². The van der Waals surface area contributed by atoms with Gasteiger partial charge in [-0.2, -0.15) is 0 Å². The van der Waals surface area contributed by atoms with Gasteiger partial charge in [-0.15, -0.1) is 0 Å². The fourth-order valence-electron chi connectivity index (χ4n) is 3.77. The first-order chi connectivity index (χ1) is 14.6. The highest BCUT2D eigenvalue weighted by atomic mass is 16.2. The van der Waals surface area contributed by atoms with Crippen molar-refractivity contribution in [3.05, 3.63) is 60.2 Å². The molecule has 0 saturated carbocycles. The van der Waals surface area contributed by atoms with Gasteiger partial charge in [0.05, 0.1) is 0 Å². The Kier molecular flexibility index (Phi) is 8.27. The summed E-state index contributed by atoms with van der Waals surface area (Å²) in [6, 6.07) is 15.8. The molecule has 2 aromatic rings. The van der Waals surface area contributed by atoms with Crippen molar-refractivity contribution in [3.63, 3.8) is 0 Å². The maximum absolute atomic E-state index is 12.3. The molecule has 1 heterocycles. The van der Waals surface area contributed by atoms with Crippen LogP contribution in [0.25, 0.3) is 0 Å². The third-order valence-electron chi connectivity index (χ3n) is 5.36. The largest absolute Gasteiger partial charge is 0.352 e. The minimum Gasteiger partial charge on any atom is -0.352 e. The van der Waals surface area contributed by atoms with E-state index in [1.54, 1.807) is 24.3 Å². The van der Waals surface area contributed by atoms with Gasteiger partial charge < -0.3 is 20.9 Å². The van der Waals surface area contributed by atoms with E-state index in [1.807, 2.05) is 30.3 Å². The Bertz CT molecular complexity index is 808. The van der Waals surface area contributed by atoms with Gasteiger partial charge in [-0.05, 0) is 81.1 Å². The SMILES string of the molecule is CC1CCCN(CCCCNC(=O)c2ccc(NC(=O)Nc3ccccc3)cc2)C1. The Hall–Kier alpha value is -2.86. The lowest BCUT2D eigenvalue weighted by Gasteiger charge is -2.30. The number of nitrogens with one attached hydrogen (secondary N) is 3. The Balaban J connectivity index is 1.34. The van der Waals surface area contributed by atoms with Crippen molar-refractivity contribution < 1.29 is 9.59 Å². The zero-order valence-corrected chi connectivity index (χ0v) is 17.7. The third-order valence-corrected chi connectivity index (χ3v) is 5.36. The second kappa shape index (κ2) is 11.4. The van der Waals surface area contributed by atoms with Gasteiger partial charge in [-0.25, -0.2) is 4.79 Å². The second-order valence-corrected chi connectivity index (χ2v) is 8.03. The summed E-state index contributed by atoms with van der Waals surface area (Å²) in [5.41, 5.74) is 1.95. The van der Waals surface area contributed by atoms with Crippen LogP contribution in [0.15, 0.2) is 54.6 Å². The average molecular weight is 409 g/mol. The number of para-hydroxylation sites is 1. The number of nitrogens with zero attached hydrogens (tertiary/aromatic N) is 1. The molecular weight excluding hydrogens is 376 g/mol. The summed E-state index contributed by atoms with van der Waals surface area (Å²) in [4.78, 5) is 26.9. The number of carbonyl (C=O) groups is 2. The molecule has 3 amide bonds. The molecule has 6 nitrogen and oxygen atoms in total. The zero-order valence-electron chi connectivity index (χ0n) is 17.7. The number of benzene rings is 2. The van der Waals surface area contributed by atoms with Gasteiger partial charge in [-0.3, -0.25) is 4.79 Å². The number of amides is 3. The van der Waals surface area contributed by atoms with E-state index in [1.165, 1.54) is 25.9 Å². The Morgan fingerprint density at radius 2 is 1.67 bits per heavy atom. The van der Waals surface area contributed by atoms with Gasteiger partial charge in [0.15, 0.2) is 0 Å². The van der Waals surface area contributed by atoms with Gasteiger partial charge in [0, 0.05) is 30.0 Å². The van der Waals surface area contributed by atoms with Crippen LogP contribution < -0.4 is 16.0 Å². The highest BCUT2D eigenvalue weighted by molar-refractivity contribution is 6.00. The number of urea groups is 1. The molecule has 6 heteroatoms. The smallest absolute Gasteiger partial charge is 0.323 e. The number of likely N-dealkylation sites (tertiary alicyclic amines) is 1. The van der Waals surface area contributed by atoms with E-state index < -0.39 is 0 Å². The van der Waals surface area contributed by atoms with Crippen LogP contribution in [0, 0.1) is 5.92 Å². The maximum atomic E-state index is 12.3. The van der Waals surface area contributed by atoms with E-state index in [-0.39, 0.29) is 11.9 Å². The molecule has 160 valence electrons. The van der Waals surface area contributed by atoms with E-state index in [0.717, 1.165) is 31.0 Å². The predicted octanol–water partition coefficient (Wildman–Crippen LogP) is 4.57. The number of carbonyl (C=O) groups excluding carboxylic acids is 2. The number of piperidine rings is 1. The summed E-state index contributed by atoms with van der Waals surface area (Å²) in [5, 5.41) is 8.51. The van der Waals surface area contributed by atoms with Crippen molar-refractivity contribution in [2.24, 2.45) is 5.92 Å². The molecule has 0 spiro atoms. The molecule has 0 aliphatic carbocycles. The van der Waals surface area contributed by atoms with Crippen molar-refractivity contribution >= 4 is 23.3 Å². The molecule has 0 bridgehead atoms. The summed E-state index contributed by atoms with van der Waals surface area (Å²) < 4.78 is 0. The molecule has 1 atom stereocenters. The summed E-state index contributed by atoms with van der Waals surface area (Å²) in [7, 11) is 0. The van der Waals surface area contributed by atoms with Crippen LogP contribution in [0.4, 0.5) is 16.2 Å². The van der Waals surface area contributed by atoms with Crippen LogP contribution >= 0.6 is 0 Å². The number of hydrogen-bond donors (Lipinski definition) is 3. The minimum absolute atomic E-state index is 0.0816. The van der Waals surface area contributed by atoms with Gasteiger partial charge in [0.1, 0.15) is 0 Å². The quantitative estimate of drug-likeness (QED) is 0.560. The second-order valence-electron chi connectivity index (χ2n) is 8.03. The number of unbranched alkanes of at least 4 members (excludes halogenated alkanes) is 1. The van der Waals surface area contributed by atoms with Crippen LogP contribution in [0.5, 0.6) is 0 Å². The van der Waals surface area contributed by atoms with Gasteiger partial charge in [0.2, 0.25) is 0 Å². The van der Waals surface area contributed by atoms with E-state index >= 15 is 0 Å². The normalized spacial score (nSPS) is 16.6. The Morgan fingerprint density at radius 3 is 2.37 bits per heavy atom. The number of anilines is 2. The van der Waals surface area contributed by atoms with Crippen molar-refractivity contribution in [1.29, 1.82) is 0 Å². The van der Waals surface area contributed by atoms with Gasteiger partial charge >= 0.3 is 6.03 Å². The number of hydrogen-bond acceptors (Lipinski definition) is 3. The van der Waals surface area contributed by atoms with Crippen LogP contribution in [0.2, 0.25) is 0 Å². The first-order valence-electron chi connectivity index (χ1n) is 10.8. The highest BCUT2D eigenvalue weighted by Crippen LogP contribution is 2.15. The van der Waals surface area contributed by atoms with Crippen molar-refractivity contribution in [3.8, 4) is 0 Å². The predicted molar refractivity (Wildman–Crippen MR) is 122 cm³/mol. The van der Waals surface area contributed by atoms with Crippen LogP contribution in [-0.4, -0.2) is 43.0 Å². The first-order valence-corrected chi connectivity index (χ1v) is 10.8. The van der Waals surface area contributed by atoms with Crippen molar-refractivity contribution in [1.82, 2.24) is 10.2 Å². The standard InChI is InChI=1S/C24H32N4O2/c1-19-8-7-17-28(18-19)16-6-5-15-25-23(29)20-11-13-22(14-12-20)27-24(30)26-21-9-3-2-4-10-21/h2-4,9-14,19H,5-8,15-18H2,1H3,(H,25,29)(H2,26,27,30). The highest BCUT2D eigenvalue weighted by Gasteiger charge is 2.15. The fraction of sp³-hybridized carbons (Fsp3) is 0.417. The zero-order chi connectivity index (χ0) is 21.2. The Morgan fingerprint density at radius 1 is 0.967 bits per heavy atom. The maximum Gasteiger partial charge on any atom is 0.323 e. The molecule has 1 aliphatic rings. The molecule has 1 saturated heterocycles. The minimum atomic E-state index is -0.318. The van der Waals surface area contributed by atoms with Crippen molar-refractivity contribution in [2.45, 2.75) is 32.6 Å². The molecule has 30 heavy (non-hydrogen) atoms. The third kappa shape index (κ3) is 7.19. The molecule has 1 unspecified atom stereocenters. The van der Waals surface area contributed by atoms with Crippen LogP contribution in [0.1, 0.15) is 43.0 Å². The van der Waals surface area contributed by atoms with Crippen LogP contribution in [0.3, 0.4) is 0 Å². The lowest BCUT2D eigenvalue weighted by molar-refractivity contribution is 0.0952. The van der Waals surface area contributed by atoms with E-state index in [2.05, 4.69) is 27.8 Å². The summed E-state index contributed by atoms with van der Waals surface area (Å²) in [5.74, 6) is 0.724. The van der Waals surface area contributed by atoms with Gasteiger partial charge in [-0.1, -0.05) is 25.1 Å². The monoisotopic (exact) mass is 408 g/mol. The Labute approximate surface area is 179 Å². The van der Waals surface area contributed by atoms with E-state index in [9.17, 15) is 9.59 Å². The molecule has 1 fully saturated rings. The first kappa shape index (κ1) is 21.8. The number of rotatable bonds is 8. The fourth-order valence-corrected chi connectivity index (χ4v) is 3.77. The molecular formula is C24H32N4O2. The summed E-state index contributed by atoms with van der Waals surface area (Å²) in [6.07, 6.45) is 4.73. The summed E-state index contributed by atoms with van der Waals surface area (Å²) >= 11 is 0. The van der Waals surface area contributed by atoms with E-state index in [4.69, 9.17) is 0 Å². The topological polar surface area (TPSA) is 73.5 Å². The van der Waals surface area contributed by atoms with E-state index in [0.29, 0.717) is 17.8 Å². The molecule has 0 radical (unpaired) electrons. The lowest BCUT2D eigenvalue weighted by Crippen LogP contribution is -2.35. The van der Waals surface area contributed by atoms with Gasteiger partial charge in [0.25, 0.3) is 5.91 Å². The average Bonchev–Trinajstić information content (AvgIpc) is 2.74. The molecule has 0 aromatic heterocycles.